The van der Waals surface area contributed by atoms with Gasteiger partial charge in [0, 0.05) is 23.6 Å². The van der Waals surface area contributed by atoms with E-state index in [0.29, 0.717) is 30.7 Å². The Labute approximate surface area is 195 Å². The number of hydrogen-bond acceptors (Lipinski definition) is 5. The molecule has 3 N–H and O–H groups in total. The zero-order chi connectivity index (χ0) is 23.2. The Morgan fingerprint density at radius 3 is 2.76 bits per heavy atom. The Bertz CT molecular complexity index is 1020. The van der Waals surface area contributed by atoms with Crippen molar-refractivity contribution in [2.45, 2.75) is 88.5 Å². The van der Waals surface area contributed by atoms with Gasteiger partial charge in [-0.2, -0.15) is 0 Å². The van der Waals surface area contributed by atoms with Crippen LogP contribution in [0.3, 0.4) is 0 Å². The first-order chi connectivity index (χ1) is 15.7. The maximum Gasteiger partial charge on any atom is 0.225 e. The highest BCUT2D eigenvalue weighted by Gasteiger charge is 2.73. The van der Waals surface area contributed by atoms with Gasteiger partial charge in [0.2, 0.25) is 12.3 Å². The summed E-state index contributed by atoms with van der Waals surface area (Å²) in [6, 6.07) is 3.89. The van der Waals surface area contributed by atoms with Crippen molar-refractivity contribution in [2.24, 2.45) is 11.3 Å². The second-order valence-corrected chi connectivity index (χ2v) is 11.9. The fraction of sp³-hybridized carbons (Fsp3) is 0.692. The molecule has 1 spiro atoms. The van der Waals surface area contributed by atoms with Gasteiger partial charge in [-0.3, -0.25) is 14.5 Å². The third-order valence-electron chi connectivity index (χ3n) is 9.00. The number of anilines is 1. The largest absolute Gasteiger partial charge is 0.485 e. The minimum absolute atomic E-state index is 0.00103. The van der Waals surface area contributed by atoms with Gasteiger partial charge in [-0.15, -0.1) is 0 Å². The Kier molecular flexibility index (Phi) is 4.51. The Hall–Kier alpha value is -2.12. The molecule has 5 atom stereocenters. The first kappa shape index (κ1) is 21.4. The lowest BCUT2D eigenvalue weighted by molar-refractivity contribution is -0.192. The number of rotatable bonds is 5. The second-order valence-electron chi connectivity index (χ2n) is 11.9. The first-order valence-corrected chi connectivity index (χ1v) is 12.5. The lowest BCUT2D eigenvalue weighted by Gasteiger charge is -2.64. The first-order valence-electron chi connectivity index (χ1n) is 12.5. The molecule has 2 heterocycles. The topological polar surface area (TPSA) is 90.9 Å². The summed E-state index contributed by atoms with van der Waals surface area (Å²) in [4.78, 5) is 26.8. The summed E-state index contributed by atoms with van der Waals surface area (Å²) in [7, 11) is 0. The van der Waals surface area contributed by atoms with E-state index in [2.05, 4.69) is 21.6 Å². The molecule has 1 aromatic carbocycles. The maximum absolute atomic E-state index is 13.0. The molecule has 0 aromatic heterocycles. The average Bonchev–Trinajstić information content (AvgIpc) is 3.49. The van der Waals surface area contributed by atoms with Gasteiger partial charge in [0.15, 0.2) is 0 Å². The summed E-state index contributed by atoms with van der Waals surface area (Å²) in [6.07, 6.45) is 5.82. The van der Waals surface area contributed by atoms with Gasteiger partial charge in [-0.05, 0) is 62.6 Å². The highest BCUT2D eigenvalue weighted by atomic mass is 16.5. The van der Waals surface area contributed by atoms with Crippen LogP contribution in [0.25, 0.3) is 0 Å². The summed E-state index contributed by atoms with van der Waals surface area (Å²) in [5.74, 6) is 1.45. The normalized spacial score (nSPS) is 36.5. The monoisotopic (exact) mass is 453 g/mol. The van der Waals surface area contributed by atoms with Gasteiger partial charge < -0.3 is 20.5 Å². The van der Waals surface area contributed by atoms with Crippen molar-refractivity contribution < 1.29 is 19.4 Å². The molecule has 178 valence electrons. The van der Waals surface area contributed by atoms with Crippen molar-refractivity contribution in [3.63, 3.8) is 0 Å². The van der Waals surface area contributed by atoms with E-state index in [0.717, 1.165) is 37.4 Å². The number of amides is 2. The fourth-order valence-corrected chi connectivity index (χ4v) is 7.21. The van der Waals surface area contributed by atoms with Gasteiger partial charge in [-0.25, -0.2) is 0 Å². The summed E-state index contributed by atoms with van der Waals surface area (Å²) >= 11 is 0. The third-order valence-corrected chi connectivity index (χ3v) is 9.00. The minimum Gasteiger partial charge on any atom is -0.485 e. The molecule has 5 aliphatic rings. The fourth-order valence-electron chi connectivity index (χ4n) is 7.21. The van der Waals surface area contributed by atoms with Crippen LogP contribution >= 0.6 is 0 Å². The predicted octanol–water partition coefficient (Wildman–Crippen LogP) is 2.35. The zero-order valence-electron chi connectivity index (χ0n) is 19.8. The second kappa shape index (κ2) is 6.95. The number of nitrogens with one attached hydrogen (secondary N) is 2. The number of ether oxygens (including phenoxy) is 1. The molecule has 1 aromatic rings. The van der Waals surface area contributed by atoms with Gasteiger partial charge in [0.25, 0.3) is 0 Å². The molecular formula is C26H35N3O4. The van der Waals surface area contributed by atoms with Crippen LogP contribution in [0.1, 0.15) is 64.0 Å². The van der Waals surface area contributed by atoms with Crippen LogP contribution < -0.4 is 15.4 Å². The van der Waals surface area contributed by atoms with Crippen molar-refractivity contribution in [2.75, 3.05) is 18.4 Å². The Morgan fingerprint density at radius 1 is 1.27 bits per heavy atom. The van der Waals surface area contributed by atoms with E-state index in [1.54, 1.807) is 0 Å². The highest BCUT2D eigenvalue weighted by molar-refractivity contribution is 5.82. The van der Waals surface area contributed by atoms with Crippen LogP contribution in [-0.4, -0.2) is 59.2 Å². The van der Waals surface area contributed by atoms with Crippen molar-refractivity contribution in [3.05, 3.63) is 23.3 Å². The highest BCUT2D eigenvalue weighted by Crippen LogP contribution is 2.65. The maximum atomic E-state index is 13.0. The molecule has 3 aliphatic carbocycles. The van der Waals surface area contributed by atoms with Crippen LogP contribution in [0.4, 0.5) is 5.69 Å². The lowest BCUT2D eigenvalue weighted by atomic mass is 9.48. The smallest absolute Gasteiger partial charge is 0.225 e. The van der Waals surface area contributed by atoms with E-state index in [1.807, 2.05) is 26.8 Å². The minimum atomic E-state index is -0.911. The Balaban J connectivity index is 1.47. The van der Waals surface area contributed by atoms with Crippen molar-refractivity contribution in [1.29, 1.82) is 0 Å². The number of piperidine rings is 1. The molecule has 6 rings (SSSR count). The van der Waals surface area contributed by atoms with E-state index < -0.39 is 16.4 Å². The molecule has 1 saturated heterocycles. The van der Waals surface area contributed by atoms with Crippen LogP contribution in [0, 0.1) is 11.3 Å². The molecule has 2 saturated carbocycles. The van der Waals surface area contributed by atoms with E-state index in [1.165, 1.54) is 18.4 Å². The standard InChI is InChI=1S/C26H35N3O4/c1-24(2,3)23(31)28-18-8-9-26(32)19-12-16-6-7-17(27-14-30)21-20(16)25(26,22(18)33-21)10-11-29(19)13-15-4-5-15/h6-7,14-15,18-19,22,32H,4-5,8-13H2,1-3H3,(H,27,30)(H,28,31)/t18?,19-,22?,25+,26-/m1/s1. The van der Waals surface area contributed by atoms with Crippen molar-refractivity contribution >= 4 is 18.0 Å². The number of carbonyl (C=O) groups is 2. The molecule has 33 heavy (non-hydrogen) atoms. The predicted molar refractivity (Wildman–Crippen MR) is 124 cm³/mol. The van der Waals surface area contributed by atoms with Gasteiger partial charge >= 0.3 is 0 Å². The van der Waals surface area contributed by atoms with E-state index in [4.69, 9.17) is 4.74 Å². The Morgan fingerprint density at radius 2 is 2.06 bits per heavy atom. The third kappa shape index (κ3) is 2.88. The quantitative estimate of drug-likeness (QED) is 0.596. The van der Waals surface area contributed by atoms with Crippen molar-refractivity contribution in [3.8, 4) is 5.75 Å². The van der Waals surface area contributed by atoms with E-state index in [9.17, 15) is 14.7 Å². The van der Waals surface area contributed by atoms with Crippen LogP contribution in [0.2, 0.25) is 0 Å². The number of nitrogens with zero attached hydrogens (tertiary/aromatic N) is 1. The lowest BCUT2D eigenvalue weighted by Crippen LogP contribution is -2.78. The number of benzene rings is 1. The molecule has 2 bridgehead atoms. The molecule has 2 amide bonds. The molecular weight excluding hydrogens is 418 g/mol. The van der Waals surface area contributed by atoms with E-state index >= 15 is 0 Å². The summed E-state index contributed by atoms with van der Waals surface area (Å²) in [5, 5.41) is 18.6. The van der Waals surface area contributed by atoms with Gasteiger partial charge in [-0.1, -0.05) is 26.8 Å². The van der Waals surface area contributed by atoms with Crippen LogP contribution in [0.5, 0.6) is 5.75 Å². The molecule has 3 fully saturated rings. The van der Waals surface area contributed by atoms with Crippen molar-refractivity contribution in [1.82, 2.24) is 10.2 Å². The van der Waals surface area contributed by atoms with Crippen LogP contribution in [0.15, 0.2) is 12.1 Å². The molecule has 2 aliphatic heterocycles. The number of hydrogen-bond donors (Lipinski definition) is 3. The number of aliphatic hydroxyl groups is 1. The van der Waals surface area contributed by atoms with Gasteiger partial charge in [0.1, 0.15) is 11.9 Å². The number of likely N-dealkylation sites (tertiary alicyclic amines) is 1. The summed E-state index contributed by atoms with van der Waals surface area (Å²) < 4.78 is 6.67. The molecule has 7 heteroatoms. The summed E-state index contributed by atoms with van der Waals surface area (Å²) in [5.41, 5.74) is 0.936. The zero-order valence-corrected chi connectivity index (χ0v) is 19.8. The molecule has 2 unspecified atom stereocenters. The average molecular weight is 454 g/mol. The van der Waals surface area contributed by atoms with Crippen LogP contribution in [-0.2, 0) is 21.4 Å². The summed E-state index contributed by atoms with van der Waals surface area (Å²) in [6.45, 7) is 7.74. The SMILES string of the molecule is CC(C)(C)C(=O)NC1CC[C@@]2(O)[C@H]3Cc4ccc(NC=O)c5c4[C@@]2(CCN3CC2CC2)C1O5. The molecule has 7 nitrogen and oxygen atoms in total. The molecule has 0 radical (unpaired) electrons. The van der Waals surface area contributed by atoms with Gasteiger partial charge in [0.05, 0.1) is 22.7 Å². The number of carbonyl (C=O) groups excluding carboxylic acids is 2. The van der Waals surface area contributed by atoms with E-state index in [-0.39, 0.29) is 24.1 Å².